The number of hydrogen-bond acceptors (Lipinski definition) is 31. The van der Waals surface area contributed by atoms with E-state index in [0.717, 1.165) is 50.9 Å². The number of thiophene rings is 1. The minimum atomic E-state index is -4.60. The van der Waals surface area contributed by atoms with Crippen molar-refractivity contribution in [3.8, 4) is 29.3 Å². The topological polar surface area (TPSA) is 460 Å². The van der Waals surface area contributed by atoms with Crippen LogP contribution in [0.4, 0.5) is 73.6 Å². The van der Waals surface area contributed by atoms with Gasteiger partial charge in [0.1, 0.15) is 57.5 Å². The molecule has 0 radical (unpaired) electrons. The maximum Gasteiger partial charge on any atom is 0.298 e. The van der Waals surface area contributed by atoms with Gasteiger partial charge in [0.05, 0.1) is 53.7 Å². The summed E-state index contributed by atoms with van der Waals surface area (Å²) < 4.78 is 152. The summed E-state index contributed by atoms with van der Waals surface area (Å²) in [5.41, 5.74) is 1.41. The lowest BCUT2D eigenvalue weighted by molar-refractivity contribution is 0.343. The fraction of sp³-hybridized carbons (Fsp3) is 0.151. The summed E-state index contributed by atoms with van der Waals surface area (Å²) in [6.45, 7) is 2.22. The zero-order chi connectivity index (χ0) is 65.2. The second-order valence-electron chi connectivity index (χ2n) is 18.0. The monoisotopic (exact) mass is 1340 g/mol. The quantitative estimate of drug-likeness (QED) is 0.0127. The number of hydrogen-bond donors (Lipinski definition) is 6. The molecule has 0 aliphatic rings. The van der Waals surface area contributed by atoms with Crippen molar-refractivity contribution in [1.29, 1.82) is 15.8 Å². The first-order chi connectivity index (χ1) is 42.7. The molecule has 0 saturated carbocycles. The highest BCUT2D eigenvalue weighted by atomic mass is 32.2. The molecule has 0 fully saturated rings. The average molecular weight is 1340 g/mol. The maximum atomic E-state index is 13.0. The number of rotatable bonds is 26. The zero-order valence-electron chi connectivity index (χ0n) is 47.1. The third-order valence-electron chi connectivity index (χ3n) is 12.3. The molecule has 8 aromatic rings. The number of nitriles is 3. The van der Waals surface area contributed by atoms with Gasteiger partial charge in [0.15, 0.2) is 16.6 Å². The highest BCUT2D eigenvalue weighted by Gasteiger charge is 2.26. The van der Waals surface area contributed by atoms with Crippen molar-refractivity contribution in [3.05, 3.63) is 143 Å². The van der Waals surface area contributed by atoms with Crippen LogP contribution in [0, 0.1) is 40.9 Å². The number of nitrogens with one attached hydrogen (secondary N) is 5. The summed E-state index contributed by atoms with van der Waals surface area (Å²) in [7, 11) is -18.3. The molecule has 0 aliphatic carbocycles. The summed E-state index contributed by atoms with van der Waals surface area (Å²) in [6.07, 6.45) is 0. The molecule has 464 valence electrons. The highest BCUT2D eigenvalue weighted by Crippen LogP contribution is 2.49. The number of benzene rings is 5. The largest absolute Gasteiger partial charge is 0.339 e. The predicted octanol–water partition coefficient (Wildman–Crippen LogP) is 9.85. The Morgan fingerprint density at radius 3 is 1.69 bits per heavy atom. The van der Waals surface area contributed by atoms with Crippen molar-refractivity contribution in [2.24, 2.45) is 20.5 Å². The second kappa shape index (κ2) is 27.7. The van der Waals surface area contributed by atoms with Crippen LogP contribution in [0.25, 0.3) is 11.1 Å². The van der Waals surface area contributed by atoms with Gasteiger partial charge in [-0.2, -0.15) is 72.8 Å². The summed E-state index contributed by atoms with van der Waals surface area (Å²) in [6, 6.07) is 32.9. The minimum absolute atomic E-state index is 0.0259. The second-order valence-corrected chi connectivity index (χ2v) is 27.5. The fourth-order valence-electron chi connectivity index (χ4n) is 7.86. The Hall–Kier alpha value is -9.82. The third-order valence-corrected chi connectivity index (χ3v) is 19.0. The first-order valence-electron chi connectivity index (χ1n) is 25.3. The van der Waals surface area contributed by atoms with E-state index in [1.807, 2.05) is 0 Å². The molecule has 0 aliphatic heterocycles. The number of aromatic nitrogens is 4. The summed E-state index contributed by atoms with van der Waals surface area (Å²) in [5, 5.41) is 63.7. The van der Waals surface area contributed by atoms with Crippen molar-refractivity contribution in [1.82, 2.24) is 19.9 Å². The van der Waals surface area contributed by atoms with Crippen LogP contribution in [0.5, 0.6) is 0 Å². The van der Waals surface area contributed by atoms with Crippen molar-refractivity contribution in [3.63, 3.8) is 0 Å². The molecule has 0 bridgehead atoms. The predicted molar refractivity (Wildman–Crippen MR) is 327 cm³/mol. The molecule has 31 nitrogen and oxygen atoms in total. The molecule has 6 N–H and O–H groups in total. The first-order valence-corrected chi connectivity index (χ1v) is 33.6. The van der Waals surface area contributed by atoms with Gasteiger partial charge in [-0.3, -0.25) is 17.1 Å². The SMILES string of the molecule is CCS(=O)(=O)OCNc1nc(Nc2ccc(-c3c(N=Nc4ccccc4C#N)sc(N=Nc4c(Nc5ccc(S(=O)(=O)OC)cc5)nc(Nc5ccc(S(=O)(=O)OC)cc5)c(C#N)c4C)c3C#N)cc2)nc(Nc2cc(CS(=O)(=O)O)ccc2S(=O)(=O)OC)n1. The molecule has 90 heavy (non-hydrogen) atoms. The van der Waals surface area contributed by atoms with Gasteiger partial charge < -0.3 is 26.6 Å². The molecule has 0 atom stereocenters. The van der Waals surface area contributed by atoms with Crippen molar-refractivity contribution in [2.75, 3.05) is 60.4 Å². The van der Waals surface area contributed by atoms with Crippen LogP contribution in [0.3, 0.4) is 0 Å². The lowest BCUT2D eigenvalue weighted by Gasteiger charge is -2.16. The van der Waals surface area contributed by atoms with E-state index in [0.29, 0.717) is 11.3 Å². The summed E-state index contributed by atoms with van der Waals surface area (Å²) in [5.74, 6) is -2.32. The lowest BCUT2D eigenvalue weighted by Crippen LogP contribution is -2.17. The fourth-order valence-corrected chi connectivity index (χ4v) is 11.9. The van der Waals surface area contributed by atoms with Gasteiger partial charge in [-0.05, 0) is 110 Å². The van der Waals surface area contributed by atoms with Crippen LogP contribution < -0.4 is 26.6 Å². The van der Waals surface area contributed by atoms with Crippen molar-refractivity contribution < 1.29 is 63.4 Å². The van der Waals surface area contributed by atoms with Crippen LogP contribution in [0.1, 0.15) is 34.7 Å². The third kappa shape index (κ3) is 16.1. The Kier molecular flexibility index (Phi) is 20.4. The van der Waals surface area contributed by atoms with Crippen LogP contribution in [0.15, 0.2) is 150 Å². The average Bonchev–Trinajstić information content (AvgIpc) is 1.67. The van der Waals surface area contributed by atoms with E-state index < -0.39 is 73.9 Å². The Balaban J connectivity index is 1.21. The molecular formula is C53H46N16O15S6. The Labute approximate surface area is 519 Å². The van der Waals surface area contributed by atoms with E-state index in [-0.39, 0.29) is 111 Å². The Bertz CT molecular complexity index is 4870. The normalized spacial score (nSPS) is 12.1. The highest BCUT2D eigenvalue weighted by molar-refractivity contribution is 7.87. The van der Waals surface area contributed by atoms with Gasteiger partial charge in [0, 0.05) is 28.2 Å². The van der Waals surface area contributed by atoms with Crippen LogP contribution in [-0.2, 0) is 73.1 Å². The molecule has 0 spiro atoms. The molecular weight excluding hydrogens is 1290 g/mol. The van der Waals surface area contributed by atoms with Crippen LogP contribution >= 0.6 is 11.3 Å². The maximum absolute atomic E-state index is 13.0. The van der Waals surface area contributed by atoms with E-state index in [4.69, 9.17) is 8.37 Å². The zero-order valence-corrected chi connectivity index (χ0v) is 52.0. The lowest BCUT2D eigenvalue weighted by atomic mass is 10.0. The Morgan fingerprint density at radius 2 is 1.12 bits per heavy atom. The smallest absolute Gasteiger partial charge is 0.298 e. The molecule has 5 aromatic carbocycles. The first kappa shape index (κ1) is 66.1. The number of azo groups is 2. The molecule has 0 unspecified atom stereocenters. The van der Waals surface area contributed by atoms with E-state index in [2.05, 4.69) is 93.6 Å². The molecule has 0 saturated heterocycles. The van der Waals surface area contributed by atoms with Gasteiger partial charge in [-0.15, -0.1) is 20.5 Å². The number of pyridine rings is 1. The van der Waals surface area contributed by atoms with E-state index >= 15 is 0 Å². The van der Waals surface area contributed by atoms with Crippen molar-refractivity contribution in [2.45, 2.75) is 34.3 Å². The molecule has 37 heteroatoms. The van der Waals surface area contributed by atoms with Gasteiger partial charge >= 0.3 is 0 Å². The molecule has 0 amide bonds. The molecule has 3 aromatic heterocycles. The van der Waals surface area contributed by atoms with Gasteiger partial charge in [0.2, 0.25) is 17.8 Å². The van der Waals surface area contributed by atoms with E-state index in [9.17, 15) is 62.4 Å². The Morgan fingerprint density at radius 1 is 0.578 bits per heavy atom. The number of anilines is 9. The summed E-state index contributed by atoms with van der Waals surface area (Å²) >= 11 is 0.869. The van der Waals surface area contributed by atoms with Crippen LogP contribution in [0.2, 0.25) is 0 Å². The van der Waals surface area contributed by atoms with E-state index in [1.54, 1.807) is 37.3 Å². The van der Waals surface area contributed by atoms with Crippen LogP contribution in [-0.4, -0.2) is 100 Å². The van der Waals surface area contributed by atoms with Gasteiger partial charge in [-0.1, -0.05) is 41.7 Å². The van der Waals surface area contributed by atoms with E-state index in [1.165, 1.54) is 73.7 Å². The number of nitrogens with zero attached hydrogens (tertiary/aromatic N) is 11. The minimum Gasteiger partial charge on any atom is -0.339 e. The van der Waals surface area contributed by atoms with Gasteiger partial charge in [0.25, 0.3) is 50.6 Å². The standard InChI is InChI=1S/C53H46N16O15S6/c1-6-87(73,74)84-30-57-51-63-52(65-53(64-51)61-43-25-32(29-86(70,71)72)11-24-44(43)90(79,80)83-5)60-37-14-12-33(13-15-37)45-41(28-56)49(85-50(45)69-66-42-10-8-7-9-34(42)26-54)68-67-46-31(2)40(27-55)47(58-35-16-20-38(21-17-35)88(75,76)81-3)62-48(46)59-36-18-22-39(23-19-36)89(77,78)82-4/h7-25H,6,29-30H2,1-5H3,(H2,58,59,62)(H,70,71,72)(H3,57,60,61,63,64,65). The van der Waals surface area contributed by atoms with Crippen molar-refractivity contribution >= 4 is 136 Å². The summed E-state index contributed by atoms with van der Waals surface area (Å²) in [4.78, 5) is 16.7. The molecule has 3 heterocycles. The molecule has 8 rings (SSSR count). The van der Waals surface area contributed by atoms with Gasteiger partial charge in [-0.25, -0.2) is 9.17 Å².